The molecule has 0 bridgehead atoms. The van der Waals surface area contributed by atoms with Crippen LogP contribution in [0.15, 0.2) is 24.3 Å². The molecule has 0 aliphatic rings. The Hall–Kier alpha value is -2.48. The van der Waals surface area contributed by atoms with Crippen LogP contribution in [-0.4, -0.2) is 35.1 Å². The molecule has 0 saturated carbocycles. The highest BCUT2D eigenvalue weighted by Crippen LogP contribution is 2.16. The third kappa shape index (κ3) is 4.65. The topological polar surface area (TPSA) is 69.6 Å². The van der Waals surface area contributed by atoms with Crippen LogP contribution in [0.1, 0.15) is 18.9 Å². The molecule has 2 amide bonds. The molecule has 1 aromatic carbocycles. The first-order valence-corrected chi connectivity index (χ1v) is 6.37. The molecule has 0 unspecified atom stereocenters. The van der Waals surface area contributed by atoms with E-state index in [2.05, 4.69) is 11.2 Å². The third-order valence-corrected chi connectivity index (χ3v) is 2.66. The maximum absolute atomic E-state index is 12.1. The lowest BCUT2D eigenvalue weighted by atomic mass is 10.1. The first-order valence-electron chi connectivity index (χ1n) is 6.37. The monoisotopic (exact) mass is 274 g/mol. The van der Waals surface area contributed by atoms with Crippen LogP contribution in [0.25, 0.3) is 0 Å². The Bertz CT molecular complexity index is 520. The molecular weight excluding hydrogens is 256 g/mol. The Morgan fingerprint density at radius 3 is 2.70 bits per heavy atom. The van der Waals surface area contributed by atoms with Crippen LogP contribution in [0, 0.1) is 12.3 Å². The number of hydrogen-bond acceptors (Lipinski definition) is 2. The van der Waals surface area contributed by atoms with Crippen molar-refractivity contribution in [2.75, 3.05) is 18.4 Å². The number of benzene rings is 1. The molecule has 20 heavy (non-hydrogen) atoms. The Kier molecular flexibility index (Phi) is 6.11. The third-order valence-electron chi connectivity index (χ3n) is 2.66. The van der Waals surface area contributed by atoms with E-state index in [1.807, 2.05) is 6.92 Å². The molecule has 1 aromatic rings. The molecule has 0 fully saturated rings. The van der Waals surface area contributed by atoms with Crippen molar-refractivity contribution in [2.24, 2.45) is 0 Å². The molecular formula is C15H18N2O3. The summed E-state index contributed by atoms with van der Waals surface area (Å²) in [6.45, 7) is 2.73. The lowest BCUT2D eigenvalue weighted by molar-refractivity contribution is -0.136. The highest BCUT2D eigenvalue weighted by atomic mass is 16.4. The van der Waals surface area contributed by atoms with Gasteiger partial charge in [0.05, 0.1) is 13.0 Å². The second-order valence-electron chi connectivity index (χ2n) is 4.28. The number of aliphatic carboxylic acids is 1. The fourth-order valence-electron chi connectivity index (χ4n) is 1.79. The summed E-state index contributed by atoms with van der Waals surface area (Å²) in [6.07, 6.45) is 5.90. The maximum atomic E-state index is 12.1. The molecule has 5 nitrogen and oxygen atoms in total. The van der Waals surface area contributed by atoms with E-state index in [0.717, 1.165) is 6.42 Å². The lowest BCUT2D eigenvalue weighted by Crippen LogP contribution is -2.36. The highest BCUT2D eigenvalue weighted by Gasteiger charge is 2.14. The van der Waals surface area contributed by atoms with Gasteiger partial charge < -0.3 is 15.3 Å². The summed E-state index contributed by atoms with van der Waals surface area (Å²) >= 11 is 0. The summed E-state index contributed by atoms with van der Waals surface area (Å²) in [4.78, 5) is 24.4. The van der Waals surface area contributed by atoms with E-state index < -0.39 is 5.97 Å². The molecule has 0 heterocycles. The number of urea groups is 1. The molecule has 0 aromatic heterocycles. The number of para-hydroxylation sites is 1. The molecule has 0 aliphatic carbocycles. The summed E-state index contributed by atoms with van der Waals surface area (Å²) in [5.74, 6) is 1.49. The van der Waals surface area contributed by atoms with Gasteiger partial charge in [0.25, 0.3) is 0 Å². The van der Waals surface area contributed by atoms with E-state index in [0.29, 0.717) is 17.8 Å². The zero-order valence-electron chi connectivity index (χ0n) is 11.4. The van der Waals surface area contributed by atoms with E-state index in [-0.39, 0.29) is 19.0 Å². The van der Waals surface area contributed by atoms with Gasteiger partial charge in [0.2, 0.25) is 0 Å². The van der Waals surface area contributed by atoms with Crippen LogP contribution in [0.2, 0.25) is 0 Å². The molecule has 5 heteroatoms. The molecule has 0 saturated heterocycles. The number of rotatable bonds is 6. The predicted molar refractivity (Wildman–Crippen MR) is 77.5 cm³/mol. The quantitative estimate of drug-likeness (QED) is 0.781. The number of nitrogens with zero attached hydrogens (tertiary/aromatic N) is 1. The van der Waals surface area contributed by atoms with Crippen molar-refractivity contribution in [1.82, 2.24) is 4.90 Å². The summed E-state index contributed by atoms with van der Waals surface area (Å²) in [5, 5.41) is 11.6. The van der Waals surface area contributed by atoms with Gasteiger partial charge in [0.15, 0.2) is 0 Å². The van der Waals surface area contributed by atoms with Gasteiger partial charge in [-0.25, -0.2) is 4.79 Å². The van der Waals surface area contributed by atoms with Crippen molar-refractivity contribution in [3.05, 3.63) is 29.8 Å². The molecule has 0 aliphatic heterocycles. The van der Waals surface area contributed by atoms with Crippen molar-refractivity contribution in [2.45, 2.75) is 19.8 Å². The zero-order valence-corrected chi connectivity index (χ0v) is 11.4. The largest absolute Gasteiger partial charge is 0.481 e. The number of carbonyl (C=O) groups is 2. The SMILES string of the molecule is C#CCN(CCC)C(=O)Nc1ccccc1CC(=O)O. The van der Waals surface area contributed by atoms with Crippen LogP contribution in [0.3, 0.4) is 0 Å². The van der Waals surface area contributed by atoms with Gasteiger partial charge in [-0.15, -0.1) is 6.42 Å². The second kappa shape index (κ2) is 7.85. The number of amides is 2. The number of carbonyl (C=O) groups excluding carboxylic acids is 1. The van der Waals surface area contributed by atoms with Gasteiger partial charge in [-0.05, 0) is 18.1 Å². The Morgan fingerprint density at radius 2 is 2.10 bits per heavy atom. The van der Waals surface area contributed by atoms with Gasteiger partial charge in [-0.1, -0.05) is 31.0 Å². The molecule has 0 spiro atoms. The molecule has 0 atom stereocenters. The van der Waals surface area contributed by atoms with E-state index in [1.165, 1.54) is 4.90 Å². The minimum atomic E-state index is -0.944. The van der Waals surface area contributed by atoms with E-state index in [4.69, 9.17) is 11.5 Å². The highest BCUT2D eigenvalue weighted by molar-refractivity contribution is 5.91. The standard InChI is InChI=1S/C15H18N2O3/c1-3-9-17(10-4-2)15(20)16-13-8-6-5-7-12(13)11-14(18)19/h1,5-8H,4,9-11H2,2H3,(H,16,20)(H,18,19). The minimum Gasteiger partial charge on any atom is -0.481 e. The number of carboxylic acid groups (broad SMARTS) is 1. The normalized spacial score (nSPS) is 9.60. The number of anilines is 1. The van der Waals surface area contributed by atoms with E-state index >= 15 is 0 Å². The van der Waals surface area contributed by atoms with Crippen molar-refractivity contribution >= 4 is 17.7 Å². The molecule has 0 radical (unpaired) electrons. The Balaban J connectivity index is 2.83. The summed E-state index contributed by atoms with van der Waals surface area (Å²) in [6, 6.07) is 6.51. The maximum Gasteiger partial charge on any atom is 0.322 e. The van der Waals surface area contributed by atoms with Crippen molar-refractivity contribution in [3.8, 4) is 12.3 Å². The fraction of sp³-hybridized carbons (Fsp3) is 0.333. The average Bonchev–Trinajstić information content (AvgIpc) is 2.40. The van der Waals surface area contributed by atoms with Gasteiger partial charge in [-0.2, -0.15) is 0 Å². The molecule has 1 rings (SSSR count). The summed E-state index contributed by atoms with van der Waals surface area (Å²) in [5.41, 5.74) is 1.06. The van der Waals surface area contributed by atoms with E-state index in [9.17, 15) is 9.59 Å². The van der Waals surface area contributed by atoms with E-state index in [1.54, 1.807) is 24.3 Å². The van der Waals surface area contributed by atoms with Gasteiger partial charge in [0.1, 0.15) is 0 Å². The van der Waals surface area contributed by atoms with Crippen LogP contribution < -0.4 is 5.32 Å². The molecule has 106 valence electrons. The lowest BCUT2D eigenvalue weighted by Gasteiger charge is -2.20. The van der Waals surface area contributed by atoms with Crippen molar-refractivity contribution in [3.63, 3.8) is 0 Å². The van der Waals surface area contributed by atoms with Crippen molar-refractivity contribution in [1.29, 1.82) is 0 Å². The number of terminal acetylenes is 1. The average molecular weight is 274 g/mol. The zero-order chi connectivity index (χ0) is 15.0. The Labute approximate surface area is 118 Å². The van der Waals surface area contributed by atoms with Gasteiger partial charge in [-0.3, -0.25) is 4.79 Å². The number of nitrogens with one attached hydrogen (secondary N) is 1. The first-order chi connectivity index (χ1) is 9.58. The predicted octanol–water partition coefficient (Wildman–Crippen LogP) is 2.19. The first kappa shape index (κ1) is 15.6. The number of hydrogen-bond donors (Lipinski definition) is 2. The summed E-state index contributed by atoms with van der Waals surface area (Å²) < 4.78 is 0. The van der Waals surface area contributed by atoms with Crippen molar-refractivity contribution < 1.29 is 14.7 Å². The minimum absolute atomic E-state index is 0.140. The second-order valence-corrected chi connectivity index (χ2v) is 4.28. The van der Waals surface area contributed by atoms with Crippen LogP contribution >= 0.6 is 0 Å². The van der Waals surface area contributed by atoms with Gasteiger partial charge in [0, 0.05) is 12.2 Å². The smallest absolute Gasteiger partial charge is 0.322 e. The van der Waals surface area contributed by atoms with Crippen LogP contribution in [0.5, 0.6) is 0 Å². The van der Waals surface area contributed by atoms with Crippen LogP contribution in [-0.2, 0) is 11.2 Å². The number of carboxylic acids is 1. The Morgan fingerprint density at radius 1 is 1.40 bits per heavy atom. The van der Waals surface area contributed by atoms with Gasteiger partial charge >= 0.3 is 12.0 Å². The fourth-order valence-corrected chi connectivity index (χ4v) is 1.79. The van der Waals surface area contributed by atoms with Crippen LogP contribution in [0.4, 0.5) is 10.5 Å². The molecule has 2 N–H and O–H groups in total. The summed E-state index contributed by atoms with van der Waals surface area (Å²) in [7, 11) is 0.